The van der Waals surface area contributed by atoms with Gasteiger partial charge in [-0.25, -0.2) is 0 Å². The summed E-state index contributed by atoms with van der Waals surface area (Å²) in [6, 6.07) is 8.69. The Kier molecular flexibility index (Phi) is 5.24. The van der Waals surface area contributed by atoms with E-state index in [0.29, 0.717) is 5.92 Å². The molecular weight excluding hydrogens is 218 g/mol. The minimum absolute atomic E-state index is 0. The van der Waals surface area contributed by atoms with Crippen molar-refractivity contribution in [2.24, 2.45) is 0 Å². The normalized spacial score (nSPS) is 17.6. The summed E-state index contributed by atoms with van der Waals surface area (Å²) >= 11 is 2.23. The second kappa shape index (κ2) is 5.42. The van der Waals surface area contributed by atoms with Gasteiger partial charge in [0.1, 0.15) is 0 Å². The molecule has 0 bridgehead atoms. The third kappa shape index (κ3) is 2.13. The first-order valence-corrected chi connectivity index (χ1v) is 5.13. The van der Waals surface area contributed by atoms with Crippen molar-refractivity contribution >= 4 is 6.08 Å². The van der Waals surface area contributed by atoms with Crippen LogP contribution in [0.5, 0.6) is 0 Å². The van der Waals surface area contributed by atoms with Gasteiger partial charge in [-0.1, -0.05) is 0 Å². The van der Waals surface area contributed by atoms with Gasteiger partial charge < -0.3 is 9.41 Å². The van der Waals surface area contributed by atoms with Gasteiger partial charge in [0.05, 0.1) is 0 Å². The molecule has 0 saturated heterocycles. The van der Waals surface area contributed by atoms with Crippen LogP contribution in [0.15, 0.2) is 28.1 Å². The molecule has 1 aromatic rings. The molecule has 0 saturated carbocycles. The largest absolute Gasteiger partial charge is 1.00 e. The van der Waals surface area contributed by atoms with E-state index in [1.807, 2.05) is 0 Å². The Balaban J connectivity index is 0.000000845. The molecule has 0 N–H and O–H groups in total. The fourth-order valence-corrected chi connectivity index (χ4v) is 2.64. The number of halogens is 2. The second-order valence-corrected chi connectivity index (χ2v) is 4.09. The first-order chi connectivity index (χ1) is 5.83. The van der Waals surface area contributed by atoms with Crippen LogP contribution in [-0.4, -0.2) is 0 Å². The molecule has 0 radical (unpaired) electrons. The molecule has 1 unspecified atom stereocenters. The molecule has 2 rings (SSSR count). The third-order valence-corrected chi connectivity index (χ3v) is 3.24. The van der Waals surface area contributed by atoms with Crippen LogP contribution >= 0.6 is 0 Å². The summed E-state index contributed by atoms with van der Waals surface area (Å²) in [6.07, 6.45) is 3.53. The zero-order chi connectivity index (χ0) is 8.55. The minimum Gasteiger partial charge on any atom is -1.00 e. The summed E-state index contributed by atoms with van der Waals surface area (Å²) < 4.78 is 1.51. The number of benzene rings is 1. The van der Waals surface area contributed by atoms with Crippen molar-refractivity contribution in [1.82, 2.24) is 0 Å². The first kappa shape index (κ1) is 13.5. The van der Waals surface area contributed by atoms with Crippen LogP contribution in [0.25, 0.3) is 6.08 Å². The van der Waals surface area contributed by atoms with Crippen molar-refractivity contribution < 1.29 is 29.8 Å². The van der Waals surface area contributed by atoms with Crippen molar-refractivity contribution in [2.45, 2.75) is 19.3 Å². The molecule has 1 aliphatic rings. The maximum atomic E-state index is 2.31. The second-order valence-electron chi connectivity index (χ2n) is 3.19. The molecule has 3 heteroatoms. The number of fused-ring (bicyclic) bond motifs is 1. The van der Waals surface area contributed by atoms with Crippen LogP contribution in [0, 0.1) is 0 Å². The molecule has 0 nitrogen and oxygen atoms in total. The van der Waals surface area contributed by atoms with E-state index in [2.05, 4.69) is 57.7 Å². The van der Waals surface area contributed by atoms with Crippen molar-refractivity contribution in [3.8, 4) is 0 Å². The Hall–Kier alpha value is -0.466. The number of hydrogen-bond donors (Lipinski definition) is 0. The Morgan fingerprint density at radius 2 is 1.86 bits per heavy atom. The maximum Gasteiger partial charge on any atom is -1.00 e. The fraction of sp³-hybridized carbons (Fsp3) is 0.273. The van der Waals surface area contributed by atoms with Gasteiger partial charge in [-0.3, -0.25) is 0 Å². The standard InChI is InChI=1S/C11H11.2FH.Ti/c1-2-9-7-8-10-5-3-4-6-11(9)10;;;/h3-6,8-9H,2H2,1H3;2*1H;/q;;;+2/p-2. The molecule has 1 aliphatic carbocycles. The summed E-state index contributed by atoms with van der Waals surface area (Å²) in [6.45, 7) is 2.25. The van der Waals surface area contributed by atoms with E-state index >= 15 is 0 Å². The predicted molar refractivity (Wildman–Crippen MR) is 47.5 cm³/mol. The van der Waals surface area contributed by atoms with Gasteiger partial charge in [0.2, 0.25) is 0 Å². The number of hydrogen-bond acceptors (Lipinski definition) is 0. The van der Waals surface area contributed by atoms with E-state index in [4.69, 9.17) is 0 Å². The van der Waals surface area contributed by atoms with Crippen LogP contribution in [0.2, 0.25) is 0 Å². The average molecular weight is 229 g/mol. The first-order valence-electron chi connectivity index (χ1n) is 4.35. The Morgan fingerprint density at radius 1 is 1.21 bits per heavy atom. The Labute approximate surface area is 94.5 Å². The fourth-order valence-electron chi connectivity index (χ4n) is 1.84. The van der Waals surface area contributed by atoms with Gasteiger partial charge in [0.25, 0.3) is 0 Å². The van der Waals surface area contributed by atoms with E-state index in [1.54, 1.807) is 0 Å². The van der Waals surface area contributed by atoms with Crippen molar-refractivity contribution in [1.29, 1.82) is 0 Å². The van der Waals surface area contributed by atoms with Gasteiger partial charge in [-0.2, -0.15) is 0 Å². The van der Waals surface area contributed by atoms with Gasteiger partial charge in [-0.05, 0) is 0 Å². The topological polar surface area (TPSA) is 0 Å². The smallest absolute Gasteiger partial charge is 1.00 e. The van der Waals surface area contributed by atoms with Crippen LogP contribution in [-0.2, 0) is 20.4 Å². The maximum absolute atomic E-state index is 2.31. The molecule has 1 atom stereocenters. The SMILES string of the molecule is CCC1[C]([Ti+2])=Cc2ccccc21.[F-].[F-]. The van der Waals surface area contributed by atoms with Gasteiger partial charge in [-0.15, -0.1) is 0 Å². The van der Waals surface area contributed by atoms with Crippen LogP contribution in [0.1, 0.15) is 30.4 Å². The summed E-state index contributed by atoms with van der Waals surface area (Å²) in [5, 5.41) is 0. The molecular formula is C11H11F2Ti. The van der Waals surface area contributed by atoms with E-state index in [0.717, 1.165) is 0 Å². The molecule has 0 spiro atoms. The molecule has 0 fully saturated rings. The minimum atomic E-state index is 0. The quantitative estimate of drug-likeness (QED) is 0.453. The number of allylic oxidation sites excluding steroid dienone is 1. The van der Waals surface area contributed by atoms with E-state index in [9.17, 15) is 0 Å². The van der Waals surface area contributed by atoms with E-state index in [-0.39, 0.29) is 9.41 Å². The van der Waals surface area contributed by atoms with Crippen LogP contribution in [0.4, 0.5) is 0 Å². The summed E-state index contributed by atoms with van der Waals surface area (Å²) in [5.74, 6) is 0.682. The van der Waals surface area contributed by atoms with Gasteiger partial charge in [0.15, 0.2) is 0 Å². The summed E-state index contributed by atoms with van der Waals surface area (Å²) in [4.78, 5) is 0. The number of rotatable bonds is 1. The van der Waals surface area contributed by atoms with E-state index < -0.39 is 0 Å². The zero-order valence-electron chi connectivity index (χ0n) is 7.93. The van der Waals surface area contributed by atoms with Crippen LogP contribution < -0.4 is 9.41 Å². The molecule has 0 aromatic heterocycles. The Bertz CT molecular complexity index is 334. The molecule has 14 heavy (non-hydrogen) atoms. The van der Waals surface area contributed by atoms with Crippen molar-refractivity contribution in [3.63, 3.8) is 0 Å². The van der Waals surface area contributed by atoms with Crippen LogP contribution in [0.3, 0.4) is 0 Å². The van der Waals surface area contributed by atoms with Crippen molar-refractivity contribution in [3.05, 3.63) is 39.3 Å². The molecule has 0 aliphatic heterocycles. The van der Waals surface area contributed by atoms with E-state index in [1.165, 1.54) is 21.4 Å². The summed E-state index contributed by atoms with van der Waals surface area (Å²) in [7, 11) is 0. The zero-order valence-corrected chi connectivity index (χ0v) is 9.49. The molecule has 0 heterocycles. The summed E-state index contributed by atoms with van der Waals surface area (Å²) in [5.41, 5.74) is 2.93. The Morgan fingerprint density at radius 3 is 2.50 bits per heavy atom. The molecule has 0 amide bonds. The third-order valence-electron chi connectivity index (χ3n) is 2.47. The van der Waals surface area contributed by atoms with Crippen molar-refractivity contribution in [2.75, 3.05) is 0 Å². The monoisotopic (exact) mass is 229 g/mol. The molecule has 1 aromatic carbocycles. The van der Waals surface area contributed by atoms with Gasteiger partial charge in [0, 0.05) is 0 Å². The van der Waals surface area contributed by atoms with Gasteiger partial charge >= 0.3 is 85.0 Å². The predicted octanol–water partition coefficient (Wildman–Crippen LogP) is -2.91. The average Bonchev–Trinajstić information content (AvgIpc) is 2.40. The molecule has 73 valence electrons.